The molecule has 1 unspecified atom stereocenters. The van der Waals surface area contributed by atoms with Crippen LogP contribution in [0.25, 0.3) is 5.70 Å². The van der Waals surface area contributed by atoms with Crippen molar-refractivity contribution >= 4 is 11.6 Å². The highest BCUT2D eigenvalue weighted by Crippen LogP contribution is 2.27. The second-order valence-electron chi connectivity index (χ2n) is 6.89. The lowest BCUT2D eigenvalue weighted by molar-refractivity contribution is -0.103. The number of aryl methyl sites for hydroxylation is 1. The van der Waals surface area contributed by atoms with Crippen LogP contribution >= 0.6 is 0 Å². The van der Waals surface area contributed by atoms with Gasteiger partial charge < -0.3 is 34.0 Å². The Morgan fingerprint density at radius 1 is 1.40 bits per heavy atom. The third-order valence-electron chi connectivity index (χ3n) is 4.68. The molecule has 2 aliphatic rings. The highest BCUT2D eigenvalue weighted by molar-refractivity contribution is 5.95. The molecule has 160 valence electrons. The fourth-order valence-corrected chi connectivity index (χ4v) is 3.27. The summed E-state index contributed by atoms with van der Waals surface area (Å²) in [5, 5.41) is 19.7. The fraction of sp³-hybridized carbons (Fsp3) is 0.450. The van der Waals surface area contributed by atoms with E-state index in [4.69, 9.17) is 23.5 Å². The Kier molecular flexibility index (Phi) is 6.45. The quantitative estimate of drug-likeness (QED) is 0.313. The maximum Gasteiger partial charge on any atom is 0.252 e. The van der Waals surface area contributed by atoms with Gasteiger partial charge >= 0.3 is 0 Å². The first-order valence-electron chi connectivity index (χ1n) is 9.76. The van der Waals surface area contributed by atoms with Crippen LogP contribution in [0.5, 0.6) is 5.75 Å². The number of oxime groups is 1. The normalized spacial score (nSPS) is 20.5. The SMILES string of the molecule is Cc1nc(COc2ccc3c(c2)CCN/C3=C\C(=N/O)OCC2COCCO2)no1. The first kappa shape index (κ1) is 20.2. The van der Waals surface area contributed by atoms with Gasteiger partial charge in [-0.3, -0.25) is 0 Å². The van der Waals surface area contributed by atoms with Crippen molar-refractivity contribution < 1.29 is 28.7 Å². The molecule has 1 atom stereocenters. The van der Waals surface area contributed by atoms with Crippen LogP contribution in [0.3, 0.4) is 0 Å². The fourth-order valence-electron chi connectivity index (χ4n) is 3.27. The number of nitrogens with one attached hydrogen (secondary N) is 1. The minimum Gasteiger partial charge on any atom is -0.485 e. The number of hydrogen-bond acceptors (Lipinski definition) is 10. The minimum atomic E-state index is -0.178. The third kappa shape index (κ3) is 5.08. The van der Waals surface area contributed by atoms with Gasteiger partial charge in [0.25, 0.3) is 5.90 Å². The van der Waals surface area contributed by atoms with Crippen LogP contribution in [0.4, 0.5) is 0 Å². The van der Waals surface area contributed by atoms with Crippen molar-refractivity contribution in [3.63, 3.8) is 0 Å². The number of benzene rings is 1. The molecule has 1 aromatic heterocycles. The third-order valence-corrected chi connectivity index (χ3v) is 4.68. The molecule has 1 saturated heterocycles. The molecule has 2 aromatic rings. The minimum absolute atomic E-state index is 0.104. The lowest BCUT2D eigenvalue weighted by atomic mass is 9.97. The van der Waals surface area contributed by atoms with Crippen LogP contribution in [0.1, 0.15) is 22.8 Å². The maximum absolute atomic E-state index is 9.34. The number of hydrogen-bond donors (Lipinski definition) is 2. The summed E-state index contributed by atoms with van der Waals surface area (Å²) in [6.45, 7) is 4.54. The molecule has 30 heavy (non-hydrogen) atoms. The Balaban J connectivity index is 1.41. The molecular formula is C20H24N4O6. The molecule has 10 heteroatoms. The predicted molar refractivity (Wildman–Crippen MR) is 105 cm³/mol. The first-order chi connectivity index (χ1) is 14.7. The molecule has 0 amide bonds. The summed E-state index contributed by atoms with van der Waals surface area (Å²) in [7, 11) is 0. The van der Waals surface area contributed by atoms with E-state index < -0.39 is 0 Å². The van der Waals surface area contributed by atoms with Gasteiger partial charge in [-0.05, 0) is 35.3 Å². The molecule has 1 fully saturated rings. The van der Waals surface area contributed by atoms with Gasteiger partial charge in [-0.25, -0.2) is 0 Å². The lowest BCUT2D eigenvalue weighted by Gasteiger charge is -2.24. The van der Waals surface area contributed by atoms with Crippen molar-refractivity contribution in [1.29, 1.82) is 0 Å². The Hall–Kier alpha value is -3.11. The molecule has 4 rings (SSSR count). The van der Waals surface area contributed by atoms with Crippen LogP contribution in [0.15, 0.2) is 34.0 Å². The molecule has 0 radical (unpaired) electrons. The molecule has 1 aromatic carbocycles. The number of fused-ring (bicyclic) bond motifs is 1. The van der Waals surface area contributed by atoms with Crippen LogP contribution in [0.2, 0.25) is 0 Å². The Bertz CT molecular complexity index is 920. The van der Waals surface area contributed by atoms with Gasteiger partial charge in [-0.15, -0.1) is 0 Å². The number of rotatable bonds is 6. The summed E-state index contributed by atoms with van der Waals surface area (Å²) in [6.07, 6.45) is 2.33. The standard InChI is InChI=1S/C20H24N4O6/c1-13-22-19(24-30-13)12-28-15-2-3-17-14(8-15)4-5-21-18(17)9-20(23-25)29-11-16-10-26-6-7-27-16/h2-3,8-9,16,21,25H,4-7,10-12H2,1H3/b18-9-,23-20+. The monoisotopic (exact) mass is 416 g/mol. The molecular weight excluding hydrogens is 392 g/mol. The topological polar surface area (TPSA) is 120 Å². The van der Waals surface area contributed by atoms with E-state index in [0.29, 0.717) is 31.5 Å². The smallest absolute Gasteiger partial charge is 0.252 e. The highest BCUT2D eigenvalue weighted by Gasteiger charge is 2.18. The molecule has 0 bridgehead atoms. The molecule has 0 saturated carbocycles. The molecule has 2 aliphatic heterocycles. The van der Waals surface area contributed by atoms with E-state index in [1.165, 1.54) is 0 Å². The van der Waals surface area contributed by atoms with E-state index in [9.17, 15) is 5.21 Å². The summed E-state index contributed by atoms with van der Waals surface area (Å²) >= 11 is 0. The van der Waals surface area contributed by atoms with Gasteiger partial charge in [0.1, 0.15) is 18.5 Å². The zero-order valence-corrected chi connectivity index (χ0v) is 16.7. The first-order valence-corrected chi connectivity index (χ1v) is 9.76. The van der Waals surface area contributed by atoms with Crippen molar-refractivity contribution in [3.8, 4) is 5.75 Å². The summed E-state index contributed by atoms with van der Waals surface area (Å²) in [5.41, 5.74) is 2.92. The highest BCUT2D eigenvalue weighted by atomic mass is 16.6. The maximum atomic E-state index is 9.34. The summed E-state index contributed by atoms with van der Waals surface area (Å²) in [5.74, 6) is 1.83. The molecule has 3 heterocycles. The summed E-state index contributed by atoms with van der Waals surface area (Å²) < 4.78 is 27.2. The predicted octanol–water partition coefficient (Wildman–Crippen LogP) is 1.66. The van der Waals surface area contributed by atoms with Crippen LogP contribution in [-0.2, 0) is 27.2 Å². The van der Waals surface area contributed by atoms with Gasteiger partial charge in [-0.1, -0.05) is 5.16 Å². The van der Waals surface area contributed by atoms with Gasteiger partial charge in [-0.2, -0.15) is 4.98 Å². The van der Waals surface area contributed by atoms with Crippen molar-refractivity contribution in [2.75, 3.05) is 33.0 Å². The largest absolute Gasteiger partial charge is 0.485 e. The van der Waals surface area contributed by atoms with E-state index in [2.05, 4.69) is 20.6 Å². The summed E-state index contributed by atoms with van der Waals surface area (Å²) in [6, 6.07) is 5.81. The number of ether oxygens (including phenoxy) is 4. The lowest BCUT2D eigenvalue weighted by Crippen LogP contribution is -2.33. The second-order valence-corrected chi connectivity index (χ2v) is 6.89. The van der Waals surface area contributed by atoms with E-state index in [1.807, 2.05) is 18.2 Å². The van der Waals surface area contributed by atoms with E-state index in [0.717, 1.165) is 35.5 Å². The van der Waals surface area contributed by atoms with E-state index in [-0.39, 0.29) is 25.2 Å². The number of nitrogens with zero attached hydrogens (tertiary/aromatic N) is 3. The van der Waals surface area contributed by atoms with Crippen molar-refractivity contribution in [2.45, 2.75) is 26.1 Å². The van der Waals surface area contributed by atoms with Gasteiger partial charge in [0.05, 0.1) is 19.8 Å². The van der Waals surface area contributed by atoms with Crippen LogP contribution in [-0.4, -0.2) is 60.3 Å². The van der Waals surface area contributed by atoms with Crippen molar-refractivity contribution in [2.24, 2.45) is 5.16 Å². The molecule has 2 N–H and O–H groups in total. The number of aromatic nitrogens is 2. The van der Waals surface area contributed by atoms with Gasteiger partial charge in [0.2, 0.25) is 11.7 Å². The molecule has 0 aliphatic carbocycles. The van der Waals surface area contributed by atoms with Crippen molar-refractivity contribution in [1.82, 2.24) is 15.5 Å². The molecule has 0 spiro atoms. The van der Waals surface area contributed by atoms with Crippen molar-refractivity contribution in [3.05, 3.63) is 47.1 Å². The van der Waals surface area contributed by atoms with Gasteiger partial charge in [0, 0.05) is 30.8 Å². The molecule has 10 nitrogen and oxygen atoms in total. The van der Waals surface area contributed by atoms with E-state index >= 15 is 0 Å². The zero-order chi connectivity index (χ0) is 20.8. The Labute approximate surface area is 173 Å². The van der Waals surface area contributed by atoms with E-state index in [1.54, 1.807) is 13.0 Å². The Morgan fingerprint density at radius 2 is 2.33 bits per heavy atom. The average Bonchev–Trinajstić information content (AvgIpc) is 3.21. The Morgan fingerprint density at radius 3 is 3.10 bits per heavy atom. The summed E-state index contributed by atoms with van der Waals surface area (Å²) in [4.78, 5) is 4.13. The second kappa shape index (κ2) is 9.59. The van der Waals surface area contributed by atoms with Gasteiger partial charge in [0.15, 0.2) is 6.61 Å². The van der Waals surface area contributed by atoms with Crippen LogP contribution in [0, 0.1) is 6.92 Å². The average molecular weight is 416 g/mol. The van der Waals surface area contributed by atoms with Crippen LogP contribution < -0.4 is 10.1 Å². The zero-order valence-electron chi connectivity index (χ0n) is 16.7.